The van der Waals surface area contributed by atoms with Gasteiger partial charge in [-0.3, -0.25) is 0 Å². The second-order valence-electron chi connectivity index (χ2n) is 5.42. The van der Waals surface area contributed by atoms with Crippen LogP contribution in [-0.4, -0.2) is 29.3 Å². The molecule has 0 radical (unpaired) electrons. The third-order valence-corrected chi connectivity index (χ3v) is 3.49. The zero-order valence-electron chi connectivity index (χ0n) is 11.9. The summed E-state index contributed by atoms with van der Waals surface area (Å²) in [6, 6.07) is 2.04. The number of anilines is 2. The molecule has 1 aliphatic rings. The van der Waals surface area contributed by atoms with Crippen LogP contribution in [-0.2, 0) is 6.18 Å². The van der Waals surface area contributed by atoms with Crippen LogP contribution in [0, 0.1) is 5.92 Å². The second-order valence-corrected chi connectivity index (χ2v) is 5.42. The Bertz CT molecular complexity index is 473. The number of hydrogen-bond donors (Lipinski definition) is 3. The topological polar surface area (TPSA) is 57.2 Å². The fourth-order valence-corrected chi connectivity index (χ4v) is 2.24. The summed E-state index contributed by atoms with van der Waals surface area (Å²) in [5, 5.41) is 15.0. The Morgan fingerprint density at radius 2 is 1.86 bits per heavy atom. The van der Waals surface area contributed by atoms with Crippen molar-refractivity contribution >= 4 is 11.6 Å². The molecule has 1 fully saturated rings. The third kappa shape index (κ3) is 4.49. The van der Waals surface area contributed by atoms with E-state index in [4.69, 9.17) is 0 Å². The van der Waals surface area contributed by atoms with Gasteiger partial charge in [0.2, 0.25) is 0 Å². The lowest BCUT2D eigenvalue weighted by Gasteiger charge is -2.31. The first kappa shape index (κ1) is 15.9. The minimum atomic E-state index is -4.39. The lowest BCUT2D eigenvalue weighted by molar-refractivity contribution is -0.137. The van der Waals surface area contributed by atoms with Gasteiger partial charge in [-0.25, -0.2) is 4.98 Å². The molecule has 7 heteroatoms. The summed E-state index contributed by atoms with van der Waals surface area (Å²) in [5.41, 5.74) is -0.716. The Kier molecular flexibility index (Phi) is 4.92. The summed E-state index contributed by atoms with van der Waals surface area (Å²) in [6.45, 7) is 3.03. The standard InChI is InChI=1S/C14H20F3N3O/c1-2-3-18-12-6-10(14(15,16)17)7-13(20-12)19-8-9-4-11(21)5-9/h6-7,9,11,21H,2-5,8H2,1H3,(H2,18,19,20). The molecule has 0 saturated heterocycles. The molecule has 0 atom stereocenters. The first-order valence-corrected chi connectivity index (χ1v) is 7.13. The van der Waals surface area contributed by atoms with Crippen LogP contribution in [0.4, 0.5) is 24.8 Å². The molecule has 1 saturated carbocycles. The summed E-state index contributed by atoms with van der Waals surface area (Å²) in [4.78, 5) is 4.15. The van der Waals surface area contributed by atoms with Crippen molar-refractivity contribution in [1.29, 1.82) is 0 Å². The largest absolute Gasteiger partial charge is 0.416 e. The van der Waals surface area contributed by atoms with Crippen molar-refractivity contribution in [3.63, 3.8) is 0 Å². The fourth-order valence-electron chi connectivity index (χ4n) is 2.24. The van der Waals surface area contributed by atoms with Gasteiger partial charge in [0.1, 0.15) is 11.6 Å². The average molecular weight is 303 g/mol. The molecule has 0 bridgehead atoms. The van der Waals surface area contributed by atoms with Gasteiger partial charge in [-0.15, -0.1) is 0 Å². The van der Waals surface area contributed by atoms with E-state index in [0.29, 0.717) is 31.8 Å². The van der Waals surface area contributed by atoms with Gasteiger partial charge in [0.15, 0.2) is 0 Å². The number of aliphatic hydroxyl groups excluding tert-OH is 1. The van der Waals surface area contributed by atoms with Crippen LogP contribution < -0.4 is 10.6 Å². The van der Waals surface area contributed by atoms with Gasteiger partial charge in [0.05, 0.1) is 11.7 Å². The number of nitrogens with one attached hydrogen (secondary N) is 2. The normalized spacial score (nSPS) is 21.8. The van der Waals surface area contributed by atoms with Gasteiger partial charge in [0.25, 0.3) is 0 Å². The molecule has 1 aromatic rings. The van der Waals surface area contributed by atoms with Crippen molar-refractivity contribution in [2.75, 3.05) is 23.7 Å². The van der Waals surface area contributed by atoms with Crippen LogP contribution in [0.25, 0.3) is 0 Å². The molecule has 2 rings (SSSR count). The molecule has 3 N–H and O–H groups in total. The first-order valence-electron chi connectivity index (χ1n) is 7.13. The van der Waals surface area contributed by atoms with Gasteiger partial charge < -0.3 is 15.7 Å². The fraction of sp³-hybridized carbons (Fsp3) is 0.643. The van der Waals surface area contributed by atoms with Crippen molar-refractivity contribution in [1.82, 2.24) is 4.98 Å². The molecule has 1 aromatic heterocycles. The molecule has 0 unspecified atom stereocenters. The van der Waals surface area contributed by atoms with E-state index in [1.807, 2.05) is 6.92 Å². The van der Waals surface area contributed by atoms with Crippen LogP contribution in [0.2, 0.25) is 0 Å². The number of pyridine rings is 1. The number of halogens is 3. The van der Waals surface area contributed by atoms with Crippen LogP contribution in [0.3, 0.4) is 0 Å². The number of aromatic nitrogens is 1. The predicted molar refractivity (Wildman–Crippen MR) is 75.2 cm³/mol. The van der Waals surface area contributed by atoms with Crippen molar-refractivity contribution in [3.05, 3.63) is 17.7 Å². The second kappa shape index (κ2) is 6.51. The Morgan fingerprint density at radius 1 is 1.24 bits per heavy atom. The lowest BCUT2D eigenvalue weighted by Crippen LogP contribution is -2.33. The van der Waals surface area contributed by atoms with Gasteiger partial charge in [-0.1, -0.05) is 6.92 Å². The van der Waals surface area contributed by atoms with Crippen molar-refractivity contribution < 1.29 is 18.3 Å². The van der Waals surface area contributed by atoms with E-state index >= 15 is 0 Å². The molecule has 118 valence electrons. The van der Waals surface area contributed by atoms with Crippen molar-refractivity contribution in [2.45, 2.75) is 38.5 Å². The van der Waals surface area contributed by atoms with E-state index in [2.05, 4.69) is 15.6 Å². The van der Waals surface area contributed by atoms with E-state index in [1.165, 1.54) is 0 Å². The van der Waals surface area contributed by atoms with Gasteiger partial charge in [-0.2, -0.15) is 13.2 Å². The van der Waals surface area contributed by atoms with Crippen LogP contribution in [0.1, 0.15) is 31.7 Å². The zero-order valence-corrected chi connectivity index (χ0v) is 11.9. The van der Waals surface area contributed by atoms with Crippen molar-refractivity contribution in [2.24, 2.45) is 5.92 Å². The highest BCUT2D eigenvalue weighted by atomic mass is 19.4. The molecule has 0 aliphatic heterocycles. The van der Waals surface area contributed by atoms with Crippen LogP contribution in [0.15, 0.2) is 12.1 Å². The van der Waals surface area contributed by atoms with Gasteiger partial charge >= 0.3 is 6.18 Å². The SMILES string of the molecule is CCCNc1cc(C(F)(F)F)cc(NCC2CC(O)C2)n1. The highest BCUT2D eigenvalue weighted by molar-refractivity contribution is 5.49. The summed E-state index contributed by atoms with van der Waals surface area (Å²) >= 11 is 0. The number of rotatable bonds is 6. The molecular formula is C14H20F3N3O. The maximum atomic E-state index is 12.9. The number of nitrogens with zero attached hydrogens (tertiary/aromatic N) is 1. The third-order valence-electron chi connectivity index (χ3n) is 3.49. The Morgan fingerprint density at radius 3 is 2.38 bits per heavy atom. The first-order chi connectivity index (χ1) is 9.88. The number of aliphatic hydroxyl groups is 1. The maximum absolute atomic E-state index is 12.9. The van der Waals surface area contributed by atoms with E-state index in [9.17, 15) is 18.3 Å². The van der Waals surface area contributed by atoms with Crippen LogP contribution in [0.5, 0.6) is 0 Å². The smallest absolute Gasteiger partial charge is 0.393 e. The summed E-state index contributed by atoms with van der Waals surface area (Å²) in [6.07, 6.45) is -2.48. The molecule has 4 nitrogen and oxygen atoms in total. The molecule has 1 heterocycles. The Labute approximate surface area is 121 Å². The maximum Gasteiger partial charge on any atom is 0.416 e. The monoisotopic (exact) mass is 303 g/mol. The van der Waals surface area contributed by atoms with E-state index in [-0.39, 0.29) is 17.7 Å². The summed E-state index contributed by atoms with van der Waals surface area (Å²) in [7, 11) is 0. The number of hydrogen-bond acceptors (Lipinski definition) is 4. The molecule has 0 aromatic carbocycles. The lowest BCUT2D eigenvalue weighted by atomic mass is 9.82. The summed E-state index contributed by atoms with van der Waals surface area (Å²) in [5.74, 6) is 0.732. The Hall–Kier alpha value is -1.50. The highest BCUT2D eigenvalue weighted by Gasteiger charge is 2.32. The van der Waals surface area contributed by atoms with Crippen LogP contribution >= 0.6 is 0 Å². The molecule has 21 heavy (non-hydrogen) atoms. The van der Waals surface area contributed by atoms with E-state index in [1.54, 1.807) is 0 Å². The number of alkyl halides is 3. The minimum absolute atomic E-state index is 0.213. The summed E-state index contributed by atoms with van der Waals surface area (Å²) < 4.78 is 38.6. The zero-order chi connectivity index (χ0) is 15.5. The highest BCUT2D eigenvalue weighted by Crippen LogP contribution is 2.32. The average Bonchev–Trinajstić information content (AvgIpc) is 2.39. The van der Waals surface area contributed by atoms with Gasteiger partial charge in [-0.05, 0) is 37.3 Å². The van der Waals surface area contributed by atoms with Crippen molar-refractivity contribution in [3.8, 4) is 0 Å². The van der Waals surface area contributed by atoms with E-state index < -0.39 is 11.7 Å². The minimum Gasteiger partial charge on any atom is -0.393 e. The van der Waals surface area contributed by atoms with E-state index in [0.717, 1.165) is 18.6 Å². The quantitative estimate of drug-likeness (QED) is 0.756. The molecular weight excluding hydrogens is 283 g/mol. The predicted octanol–water partition coefficient (Wildman–Crippen LogP) is 3.11. The molecule has 0 spiro atoms. The Balaban J connectivity index is 2.06. The molecule has 1 aliphatic carbocycles. The molecule has 0 amide bonds. The van der Waals surface area contributed by atoms with Gasteiger partial charge in [0, 0.05) is 13.1 Å².